The number of benzene rings is 2. The Hall–Kier alpha value is -1.78. The van der Waals surface area contributed by atoms with Gasteiger partial charge >= 0.3 is 7.07 Å². The summed E-state index contributed by atoms with van der Waals surface area (Å²) in [6.45, 7) is 0. The Bertz CT molecular complexity index is 752. The number of hydrogen-bond donors (Lipinski definition) is 0. The second kappa shape index (κ2) is 9.50. The topological polar surface area (TPSA) is 51.1 Å². The molecule has 0 aromatic heterocycles. The van der Waals surface area contributed by atoms with Gasteiger partial charge in [0.2, 0.25) is 19.4 Å². The largest absolute Gasteiger partial charge is 0.540 e. The molecule has 0 bridgehead atoms. The number of nitrogens with zero attached hydrogens (tertiary/aromatic N) is 2. The summed E-state index contributed by atoms with van der Waals surface area (Å²) < 4.78 is 12.4. The summed E-state index contributed by atoms with van der Waals surface area (Å²) in [6.07, 6.45) is 2.47. The lowest BCUT2D eigenvalue weighted by Crippen LogP contribution is -2.03. The van der Waals surface area contributed by atoms with Gasteiger partial charge in [-0.05, 0) is 65.9 Å². The molecular weight excluding hydrogens is 382 g/mol. The predicted molar refractivity (Wildman–Crippen MR) is 103 cm³/mol. The van der Waals surface area contributed by atoms with Gasteiger partial charge in [0.15, 0.2) is 5.75 Å². The zero-order valence-corrected chi connectivity index (χ0v) is 16.0. The number of hydrogen-bond acceptors (Lipinski definition) is 6. The summed E-state index contributed by atoms with van der Waals surface area (Å²) in [5, 5.41) is 4.29. The van der Waals surface area contributed by atoms with Crippen LogP contribution in [-0.4, -0.2) is 24.3 Å². The van der Waals surface area contributed by atoms with Gasteiger partial charge in [-0.3, -0.25) is 9.32 Å². The Labute approximate surface area is 152 Å². The van der Waals surface area contributed by atoms with Crippen LogP contribution in [0.1, 0.15) is 15.9 Å². The van der Waals surface area contributed by atoms with E-state index in [1.54, 1.807) is 42.3 Å². The van der Waals surface area contributed by atoms with Crippen molar-refractivity contribution in [2.75, 3.05) is 7.05 Å². The molecule has 2 aromatic rings. The summed E-state index contributed by atoms with van der Waals surface area (Å²) in [7, 11) is 0.846. The van der Waals surface area contributed by atoms with Crippen LogP contribution in [0.4, 0.5) is 0 Å². The van der Waals surface area contributed by atoms with E-state index < -0.39 is 7.07 Å². The molecule has 2 rings (SSSR count). The van der Waals surface area contributed by atoms with E-state index in [1.165, 1.54) is 0 Å². The molecule has 0 saturated heterocycles. The van der Waals surface area contributed by atoms with E-state index in [-0.39, 0.29) is 0 Å². The number of hydrazone groups is 1. The molecule has 0 heterocycles. The van der Waals surface area contributed by atoms with E-state index in [1.807, 2.05) is 24.3 Å². The molecule has 0 fully saturated rings. The Morgan fingerprint density at radius 1 is 1.08 bits per heavy atom. The zero-order valence-electron chi connectivity index (χ0n) is 12.6. The number of carbonyl (C=O) groups excluding carboxylic acids is 1. The Balaban J connectivity index is 1.94. The van der Waals surface area contributed by atoms with Gasteiger partial charge in [0.25, 0.3) is 0 Å². The van der Waals surface area contributed by atoms with Crippen LogP contribution in [0.3, 0.4) is 0 Å². The third-order valence-electron chi connectivity index (χ3n) is 2.83. The smallest absolute Gasteiger partial charge is 0.429 e. The summed E-state index contributed by atoms with van der Waals surface area (Å²) in [5.74, 6) is 1.32. The van der Waals surface area contributed by atoms with Crippen molar-refractivity contribution in [3.63, 3.8) is 0 Å². The first-order chi connectivity index (χ1) is 11.6. The van der Waals surface area contributed by atoms with Gasteiger partial charge < -0.3 is 4.52 Å². The lowest BCUT2D eigenvalue weighted by atomic mass is 10.2. The van der Waals surface area contributed by atoms with E-state index in [2.05, 4.69) is 5.10 Å². The molecule has 0 spiro atoms. The van der Waals surface area contributed by atoms with E-state index in [0.717, 1.165) is 11.8 Å². The molecule has 0 N–H and O–H groups in total. The van der Waals surface area contributed by atoms with E-state index in [4.69, 9.17) is 32.7 Å². The second-order valence-corrected chi connectivity index (χ2v) is 7.44. The van der Waals surface area contributed by atoms with Crippen molar-refractivity contribution in [3.8, 4) is 11.5 Å². The van der Waals surface area contributed by atoms with Crippen molar-refractivity contribution in [1.82, 2.24) is 4.78 Å². The monoisotopic (exact) mass is 395 g/mol. The summed E-state index contributed by atoms with van der Waals surface area (Å²) in [4.78, 5) is 10.6. The number of carbonyl (C=O) groups is 1. The maximum absolute atomic E-state index is 10.6. The van der Waals surface area contributed by atoms with Crippen molar-refractivity contribution in [2.45, 2.75) is 0 Å². The molecule has 0 aliphatic heterocycles. The van der Waals surface area contributed by atoms with Crippen molar-refractivity contribution < 1.29 is 13.8 Å². The van der Waals surface area contributed by atoms with Gasteiger partial charge in [0.05, 0.1) is 13.3 Å². The highest BCUT2D eigenvalue weighted by atomic mass is 32.4. The van der Waals surface area contributed by atoms with Crippen LogP contribution in [0.2, 0.25) is 0 Å². The van der Waals surface area contributed by atoms with Gasteiger partial charge in [-0.25, -0.2) is 0 Å². The number of rotatable bonds is 8. The lowest BCUT2D eigenvalue weighted by molar-refractivity contribution is 0.112. The molecule has 5 nitrogen and oxygen atoms in total. The molecule has 0 radical (unpaired) electrons. The Kier molecular flexibility index (Phi) is 7.35. The van der Waals surface area contributed by atoms with Crippen molar-refractivity contribution >= 4 is 50.8 Å². The molecule has 1 atom stereocenters. The molecule has 9 heteroatoms. The standard InChI is InChI=1S/C15H13N2O3P2S2/c1-17(16-10-12-2-6-14(7-3-12)19-21-23)22(24)20-15-8-4-13(11-18)5-9-15/h2-11H,1H3/q+1/b16-10-. The minimum atomic E-state index is -1.35. The quantitative estimate of drug-likeness (QED) is 0.287. The van der Waals surface area contributed by atoms with E-state index in [9.17, 15) is 4.79 Å². The highest BCUT2D eigenvalue weighted by Crippen LogP contribution is 2.30. The van der Waals surface area contributed by atoms with Crippen molar-refractivity contribution in [2.24, 2.45) is 5.10 Å². The average Bonchev–Trinajstić information content (AvgIpc) is 2.61. The Morgan fingerprint density at radius 3 is 2.25 bits per heavy atom. The van der Waals surface area contributed by atoms with Crippen molar-refractivity contribution in [3.05, 3.63) is 59.7 Å². The third-order valence-corrected chi connectivity index (χ3v) is 5.22. The maximum Gasteiger partial charge on any atom is 0.540 e. The van der Waals surface area contributed by atoms with Crippen LogP contribution in [0.5, 0.6) is 11.5 Å². The first kappa shape index (κ1) is 18.6. The van der Waals surface area contributed by atoms with Gasteiger partial charge in [0, 0.05) is 5.56 Å². The lowest BCUT2D eigenvalue weighted by Gasteiger charge is -2.02. The molecular formula is C15H13N2O3P2S2+. The molecule has 122 valence electrons. The molecule has 1 unspecified atom stereocenters. The molecule has 0 saturated carbocycles. The van der Waals surface area contributed by atoms with Gasteiger partial charge in [-0.1, -0.05) is 4.78 Å². The molecule has 2 aromatic carbocycles. The first-order valence-electron chi connectivity index (χ1n) is 6.70. The fraction of sp³-hybridized carbons (Fsp3) is 0.0667. The normalized spacial score (nSPS) is 11.3. The fourth-order valence-electron chi connectivity index (χ4n) is 1.61. The van der Waals surface area contributed by atoms with Crippen LogP contribution < -0.4 is 9.05 Å². The third kappa shape index (κ3) is 5.69. The zero-order chi connectivity index (χ0) is 17.4. The average molecular weight is 395 g/mol. The van der Waals surface area contributed by atoms with Gasteiger partial charge in [-0.2, -0.15) is 0 Å². The number of aldehydes is 1. The van der Waals surface area contributed by atoms with Crippen LogP contribution in [0, 0.1) is 0 Å². The van der Waals surface area contributed by atoms with Crippen LogP contribution in [0.15, 0.2) is 53.6 Å². The van der Waals surface area contributed by atoms with Crippen molar-refractivity contribution in [1.29, 1.82) is 0 Å². The minimum Gasteiger partial charge on any atom is -0.429 e. The Morgan fingerprint density at radius 2 is 1.67 bits per heavy atom. The van der Waals surface area contributed by atoms with E-state index in [0.29, 0.717) is 24.6 Å². The van der Waals surface area contributed by atoms with Crippen LogP contribution in [-0.2, 0) is 23.6 Å². The summed E-state index contributed by atoms with van der Waals surface area (Å²) in [6, 6.07) is 14.2. The van der Waals surface area contributed by atoms with Gasteiger partial charge in [-0.15, -0.1) is 5.10 Å². The van der Waals surface area contributed by atoms with Crippen LogP contribution in [0.25, 0.3) is 0 Å². The summed E-state index contributed by atoms with van der Waals surface area (Å²) in [5.41, 5.74) is 1.49. The fourth-order valence-corrected chi connectivity index (χ4v) is 3.01. The molecule has 0 amide bonds. The minimum absolute atomic E-state index is 0.443. The van der Waals surface area contributed by atoms with Crippen LogP contribution >= 0.6 is 14.7 Å². The highest BCUT2D eigenvalue weighted by Gasteiger charge is 2.20. The SMILES string of the molecule is CN(/N=C\c1ccc(OP=S)cc1)[P+](=S)Oc1ccc(C=O)cc1. The summed E-state index contributed by atoms with van der Waals surface area (Å²) >= 11 is 10.1. The van der Waals surface area contributed by atoms with E-state index >= 15 is 0 Å². The molecule has 24 heavy (non-hydrogen) atoms. The maximum atomic E-state index is 10.6. The molecule has 0 aliphatic carbocycles. The second-order valence-electron chi connectivity index (χ2n) is 4.48. The predicted octanol–water partition coefficient (Wildman–Crippen LogP) is 4.32. The highest BCUT2D eigenvalue weighted by molar-refractivity contribution is 8.02. The van der Waals surface area contributed by atoms with Gasteiger partial charge in [0.1, 0.15) is 12.0 Å². The first-order valence-corrected chi connectivity index (χ1v) is 10.8. The molecule has 0 aliphatic rings.